The average Bonchev–Trinajstić information content (AvgIpc) is 2.36. The van der Waals surface area contributed by atoms with Crippen molar-refractivity contribution in [1.29, 1.82) is 0 Å². The molecule has 2 aromatic rings. The molecular weight excluding hydrogens is 329 g/mol. The number of nitrogens with two attached hydrogens (primary N) is 1. The third-order valence-corrected chi connectivity index (χ3v) is 4.33. The van der Waals surface area contributed by atoms with Crippen molar-refractivity contribution in [2.24, 2.45) is 5.73 Å². The zero-order chi connectivity index (χ0) is 14.0. The normalized spacial score (nSPS) is 12.5. The monoisotopic (exact) mass is 341 g/mol. The van der Waals surface area contributed by atoms with E-state index in [1.807, 2.05) is 25.1 Å². The SMILES string of the molecule is Cc1cc(F)ccc1CC(N)c1ccc(Cl)c(Br)c1. The number of hydrogen-bond donors (Lipinski definition) is 1. The van der Waals surface area contributed by atoms with Gasteiger partial charge in [-0.25, -0.2) is 4.39 Å². The topological polar surface area (TPSA) is 26.0 Å². The summed E-state index contributed by atoms with van der Waals surface area (Å²) >= 11 is 9.35. The molecule has 2 N–H and O–H groups in total. The maximum atomic E-state index is 13.1. The van der Waals surface area contributed by atoms with Gasteiger partial charge in [0.1, 0.15) is 5.82 Å². The Morgan fingerprint density at radius 3 is 2.63 bits per heavy atom. The van der Waals surface area contributed by atoms with Crippen LogP contribution in [0, 0.1) is 12.7 Å². The van der Waals surface area contributed by atoms with Gasteiger partial charge in [-0.3, -0.25) is 0 Å². The summed E-state index contributed by atoms with van der Waals surface area (Å²) in [6, 6.07) is 10.3. The highest BCUT2D eigenvalue weighted by Gasteiger charge is 2.10. The van der Waals surface area contributed by atoms with Gasteiger partial charge in [-0.15, -0.1) is 0 Å². The van der Waals surface area contributed by atoms with Gasteiger partial charge in [0.05, 0.1) is 5.02 Å². The highest BCUT2D eigenvalue weighted by atomic mass is 79.9. The summed E-state index contributed by atoms with van der Waals surface area (Å²) in [5.74, 6) is -0.218. The van der Waals surface area contributed by atoms with E-state index in [1.54, 1.807) is 6.07 Å². The molecule has 0 aliphatic heterocycles. The molecule has 4 heteroatoms. The summed E-state index contributed by atoms with van der Waals surface area (Å²) in [6.45, 7) is 1.89. The quantitative estimate of drug-likeness (QED) is 0.852. The predicted molar refractivity (Wildman–Crippen MR) is 80.9 cm³/mol. The van der Waals surface area contributed by atoms with Gasteiger partial charge in [0.15, 0.2) is 0 Å². The van der Waals surface area contributed by atoms with Gasteiger partial charge in [-0.05, 0) is 70.2 Å². The lowest BCUT2D eigenvalue weighted by Gasteiger charge is -2.14. The number of rotatable bonds is 3. The minimum Gasteiger partial charge on any atom is -0.324 e. The van der Waals surface area contributed by atoms with Gasteiger partial charge in [0, 0.05) is 10.5 Å². The van der Waals surface area contributed by atoms with Gasteiger partial charge < -0.3 is 5.73 Å². The van der Waals surface area contributed by atoms with E-state index in [0.717, 1.165) is 21.2 Å². The Bertz CT molecular complexity index is 601. The molecule has 1 nitrogen and oxygen atoms in total. The first kappa shape index (κ1) is 14.5. The number of hydrogen-bond acceptors (Lipinski definition) is 1. The predicted octanol–water partition coefficient (Wildman–Crippen LogP) is 4.79. The van der Waals surface area contributed by atoms with Crippen molar-refractivity contribution < 1.29 is 4.39 Å². The summed E-state index contributed by atoms with van der Waals surface area (Å²) in [4.78, 5) is 0. The standard InChI is InChI=1S/C15H14BrClFN/c1-9-6-12(18)4-2-10(9)8-15(19)11-3-5-14(17)13(16)7-11/h2-7,15H,8,19H2,1H3. The van der Waals surface area contributed by atoms with Gasteiger partial charge in [-0.2, -0.15) is 0 Å². The summed E-state index contributed by atoms with van der Waals surface area (Å²) in [6.07, 6.45) is 0.667. The summed E-state index contributed by atoms with van der Waals surface area (Å²) < 4.78 is 13.9. The van der Waals surface area contributed by atoms with Crippen molar-refractivity contribution in [3.8, 4) is 0 Å². The zero-order valence-electron chi connectivity index (χ0n) is 10.5. The maximum absolute atomic E-state index is 13.1. The molecule has 0 saturated heterocycles. The molecule has 0 saturated carbocycles. The second-order valence-corrected chi connectivity index (χ2v) is 5.82. The van der Waals surface area contributed by atoms with Crippen LogP contribution >= 0.6 is 27.5 Å². The van der Waals surface area contributed by atoms with Gasteiger partial charge in [0.2, 0.25) is 0 Å². The Morgan fingerprint density at radius 1 is 1.26 bits per heavy atom. The average molecular weight is 343 g/mol. The Balaban J connectivity index is 2.20. The van der Waals surface area contributed by atoms with Crippen molar-refractivity contribution in [2.45, 2.75) is 19.4 Å². The fourth-order valence-electron chi connectivity index (χ4n) is 1.99. The molecular formula is C15H14BrClFN. The lowest BCUT2D eigenvalue weighted by molar-refractivity contribution is 0.624. The smallest absolute Gasteiger partial charge is 0.123 e. The van der Waals surface area contributed by atoms with E-state index >= 15 is 0 Å². The van der Waals surface area contributed by atoms with Crippen LogP contribution in [0.3, 0.4) is 0 Å². The van der Waals surface area contributed by atoms with Crippen LogP contribution in [0.25, 0.3) is 0 Å². The van der Waals surface area contributed by atoms with E-state index in [1.165, 1.54) is 12.1 Å². The third-order valence-electron chi connectivity index (χ3n) is 3.12. The van der Waals surface area contributed by atoms with Gasteiger partial charge in [-0.1, -0.05) is 23.7 Å². The van der Waals surface area contributed by atoms with Crippen LogP contribution in [0.2, 0.25) is 5.02 Å². The van der Waals surface area contributed by atoms with E-state index in [2.05, 4.69) is 15.9 Å². The first-order valence-corrected chi connectivity index (χ1v) is 7.10. The molecule has 2 aromatic carbocycles. The summed E-state index contributed by atoms with van der Waals surface area (Å²) in [5, 5.41) is 0.661. The molecule has 0 aliphatic carbocycles. The second-order valence-electron chi connectivity index (χ2n) is 4.55. The minimum absolute atomic E-state index is 0.141. The maximum Gasteiger partial charge on any atom is 0.123 e. The molecule has 0 aromatic heterocycles. The molecule has 0 aliphatic rings. The number of aryl methyl sites for hydroxylation is 1. The molecule has 19 heavy (non-hydrogen) atoms. The van der Waals surface area contributed by atoms with Crippen LogP contribution in [-0.4, -0.2) is 0 Å². The first-order valence-electron chi connectivity index (χ1n) is 5.93. The number of benzene rings is 2. The fourth-order valence-corrected chi connectivity index (χ4v) is 2.50. The highest BCUT2D eigenvalue weighted by molar-refractivity contribution is 9.10. The molecule has 0 bridgehead atoms. The van der Waals surface area contributed by atoms with Gasteiger partial charge >= 0.3 is 0 Å². The van der Waals surface area contributed by atoms with Crippen LogP contribution in [0.1, 0.15) is 22.7 Å². The van der Waals surface area contributed by atoms with Crippen molar-refractivity contribution in [1.82, 2.24) is 0 Å². The fraction of sp³-hybridized carbons (Fsp3) is 0.200. The van der Waals surface area contributed by atoms with Crippen molar-refractivity contribution in [2.75, 3.05) is 0 Å². The summed E-state index contributed by atoms with van der Waals surface area (Å²) in [7, 11) is 0. The molecule has 1 unspecified atom stereocenters. The molecule has 0 fully saturated rings. The van der Waals surface area contributed by atoms with E-state index in [-0.39, 0.29) is 11.9 Å². The Kier molecular flexibility index (Phi) is 4.61. The molecule has 100 valence electrons. The van der Waals surface area contributed by atoms with E-state index in [4.69, 9.17) is 17.3 Å². The van der Waals surface area contributed by atoms with Crippen molar-refractivity contribution in [3.63, 3.8) is 0 Å². The summed E-state index contributed by atoms with van der Waals surface area (Å²) in [5.41, 5.74) is 9.17. The van der Waals surface area contributed by atoms with Crippen LogP contribution in [0.4, 0.5) is 4.39 Å². The number of halogens is 3. The Morgan fingerprint density at radius 2 is 2.00 bits per heavy atom. The minimum atomic E-state index is -0.218. The zero-order valence-corrected chi connectivity index (χ0v) is 12.8. The van der Waals surface area contributed by atoms with E-state index in [0.29, 0.717) is 11.4 Å². The molecule has 0 spiro atoms. The lowest BCUT2D eigenvalue weighted by Crippen LogP contribution is -2.14. The largest absolute Gasteiger partial charge is 0.324 e. The molecule has 0 heterocycles. The third kappa shape index (κ3) is 3.56. The molecule has 2 rings (SSSR count). The van der Waals surface area contributed by atoms with Crippen LogP contribution in [0.15, 0.2) is 40.9 Å². The van der Waals surface area contributed by atoms with Crippen LogP contribution in [-0.2, 0) is 6.42 Å². The molecule has 1 atom stereocenters. The van der Waals surface area contributed by atoms with Gasteiger partial charge in [0.25, 0.3) is 0 Å². The van der Waals surface area contributed by atoms with Crippen LogP contribution in [0.5, 0.6) is 0 Å². The second kappa shape index (κ2) is 6.04. The van der Waals surface area contributed by atoms with E-state index in [9.17, 15) is 4.39 Å². The lowest BCUT2D eigenvalue weighted by atomic mass is 9.97. The van der Waals surface area contributed by atoms with E-state index < -0.39 is 0 Å². The Hall–Kier alpha value is -0.900. The molecule has 0 radical (unpaired) electrons. The highest BCUT2D eigenvalue weighted by Crippen LogP contribution is 2.27. The Labute approximate surface area is 125 Å². The van der Waals surface area contributed by atoms with Crippen LogP contribution < -0.4 is 5.73 Å². The van der Waals surface area contributed by atoms with Crippen molar-refractivity contribution in [3.05, 3.63) is 68.4 Å². The first-order chi connectivity index (χ1) is 8.97. The van der Waals surface area contributed by atoms with Crippen molar-refractivity contribution >= 4 is 27.5 Å². The molecule has 0 amide bonds.